The molecule has 0 radical (unpaired) electrons. The zero-order chi connectivity index (χ0) is 14.0. The van der Waals surface area contributed by atoms with Gasteiger partial charge in [0.25, 0.3) is 0 Å². The van der Waals surface area contributed by atoms with Crippen LogP contribution in [0.25, 0.3) is 0 Å². The molecule has 1 aliphatic heterocycles. The van der Waals surface area contributed by atoms with Gasteiger partial charge < -0.3 is 10.5 Å². The first-order chi connectivity index (χ1) is 8.87. The average molecular weight is 304 g/mol. The predicted molar refractivity (Wildman–Crippen MR) is 76.5 cm³/mol. The molecule has 1 heterocycles. The van der Waals surface area contributed by atoms with Crippen LogP contribution in [0.5, 0.6) is 5.75 Å². The fraction of sp³-hybridized carbons (Fsp3) is 0.538. The first-order valence-electron chi connectivity index (χ1n) is 6.27. The Balaban J connectivity index is 2.19. The van der Waals surface area contributed by atoms with Crippen LogP contribution in [0.2, 0.25) is 5.02 Å². The van der Waals surface area contributed by atoms with Gasteiger partial charge in [-0.15, -0.1) is 0 Å². The third-order valence-corrected chi connectivity index (χ3v) is 5.10. The van der Waals surface area contributed by atoms with Crippen LogP contribution < -0.4 is 10.5 Å². The van der Waals surface area contributed by atoms with E-state index in [1.807, 2.05) is 19.1 Å². The molecule has 0 aliphatic carbocycles. The molecule has 1 aliphatic rings. The summed E-state index contributed by atoms with van der Waals surface area (Å²) in [5.41, 5.74) is 6.72. The number of rotatable bonds is 4. The molecule has 2 rings (SSSR count). The molecule has 19 heavy (non-hydrogen) atoms. The number of benzene rings is 1. The molecule has 106 valence electrons. The largest absolute Gasteiger partial charge is 0.487 e. The van der Waals surface area contributed by atoms with E-state index in [0.717, 1.165) is 5.56 Å². The second-order valence-electron chi connectivity index (χ2n) is 5.05. The van der Waals surface area contributed by atoms with Crippen LogP contribution in [0, 0.1) is 0 Å². The molecule has 4 nitrogen and oxygen atoms in total. The zero-order valence-electron chi connectivity index (χ0n) is 10.8. The van der Waals surface area contributed by atoms with Crippen LogP contribution >= 0.6 is 11.6 Å². The molecule has 0 saturated carbocycles. The molecule has 0 spiro atoms. The molecule has 1 saturated heterocycles. The summed E-state index contributed by atoms with van der Waals surface area (Å²) in [5.74, 6) is 0.823. The van der Waals surface area contributed by atoms with Crippen molar-refractivity contribution >= 4 is 21.4 Å². The van der Waals surface area contributed by atoms with Crippen LogP contribution in [0.15, 0.2) is 18.2 Å². The number of para-hydroxylation sites is 1. The number of ether oxygens (including phenoxy) is 1. The highest BCUT2D eigenvalue weighted by Gasteiger charge is 2.30. The van der Waals surface area contributed by atoms with Crippen molar-refractivity contribution in [3.05, 3.63) is 28.8 Å². The molecule has 2 N–H and O–H groups in total. The van der Waals surface area contributed by atoms with Crippen molar-refractivity contribution in [2.75, 3.05) is 11.5 Å². The van der Waals surface area contributed by atoms with Crippen molar-refractivity contribution in [3.63, 3.8) is 0 Å². The zero-order valence-corrected chi connectivity index (χ0v) is 12.4. The lowest BCUT2D eigenvalue weighted by Gasteiger charge is -2.18. The SMILES string of the molecule is CC(N)Cc1cccc(Cl)c1OC1CCS(=O)(=O)C1. The van der Waals surface area contributed by atoms with Gasteiger partial charge in [-0.25, -0.2) is 8.42 Å². The number of hydrogen-bond acceptors (Lipinski definition) is 4. The molecule has 6 heteroatoms. The van der Waals surface area contributed by atoms with Crippen molar-refractivity contribution in [1.29, 1.82) is 0 Å². The van der Waals surface area contributed by atoms with Crippen LogP contribution in [-0.2, 0) is 16.3 Å². The van der Waals surface area contributed by atoms with E-state index in [0.29, 0.717) is 23.6 Å². The van der Waals surface area contributed by atoms with E-state index in [-0.39, 0.29) is 23.7 Å². The van der Waals surface area contributed by atoms with Crippen molar-refractivity contribution in [2.45, 2.75) is 31.9 Å². The molecular formula is C13H18ClNO3S. The summed E-state index contributed by atoms with van der Waals surface area (Å²) in [6.45, 7) is 1.91. The molecular weight excluding hydrogens is 286 g/mol. The Morgan fingerprint density at radius 1 is 1.53 bits per heavy atom. The van der Waals surface area contributed by atoms with Gasteiger partial charge in [0.2, 0.25) is 0 Å². The van der Waals surface area contributed by atoms with E-state index >= 15 is 0 Å². The van der Waals surface area contributed by atoms with E-state index in [9.17, 15) is 8.42 Å². The van der Waals surface area contributed by atoms with Gasteiger partial charge in [0.15, 0.2) is 9.84 Å². The summed E-state index contributed by atoms with van der Waals surface area (Å²) in [7, 11) is -2.96. The third-order valence-electron chi connectivity index (χ3n) is 3.07. The third kappa shape index (κ3) is 3.84. The van der Waals surface area contributed by atoms with Crippen molar-refractivity contribution in [2.24, 2.45) is 5.73 Å². The highest BCUT2D eigenvalue weighted by Crippen LogP contribution is 2.32. The Morgan fingerprint density at radius 2 is 2.26 bits per heavy atom. The highest BCUT2D eigenvalue weighted by atomic mass is 35.5. The summed E-state index contributed by atoms with van der Waals surface area (Å²) < 4.78 is 28.7. The molecule has 1 aromatic rings. The summed E-state index contributed by atoms with van der Waals surface area (Å²) in [5, 5.41) is 0.502. The lowest BCUT2D eigenvalue weighted by Crippen LogP contribution is -2.21. The minimum absolute atomic E-state index is 0.00636. The second-order valence-corrected chi connectivity index (χ2v) is 7.69. The molecule has 0 amide bonds. The molecule has 1 aromatic carbocycles. The minimum atomic E-state index is -2.96. The van der Waals surface area contributed by atoms with E-state index in [4.69, 9.17) is 22.1 Å². The molecule has 1 fully saturated rings. The number of hydrogen-bond donors (Lipinski definition) is 1. The van der Waals surface area contributed by atoms with Gasteiger partial charge in [-0.2, -0.15) is 0 Å². The van der Waals surface area contributed by atoms with Gasteiger partial charge in [0.1, 0.15) is 11.9 Å². The lowest BCUT2D eigenvalue weighted by molar-refractivity contribution is 0.226. The average Bonchev–Trinajstić information content (AvgIpc) is 2.62. The molecule has 0 bridgehead atoms. The number of halogens is 1. The van der Waals surface area contributed by atoms with E-state index in [2.05, 4.69) is 0 Å². The Hall–Kier alpha value is -0.780. The second kappa shape index (κ2) is 5.69. The Kier molecular flexibility index (Phi) is 4.38. The van der Waals surface area contributed by atoms with Gasteiger partial charge >= 0.3 is 0 Å². The topological polar surface area (TPSA) is 69.4 Å². The fourth-order valence-corrected chi connectivity index (χ4v) is 4.04. The normalized spacial score (nSPS) is 23.2. The van der Waals surface area contributed by atoms with Gasteiger partial charge in [-0.1, -0.05) is 23.7 Å². The maximum absolute atomic E-state index is 11.4. The summed E-state index contributed by atoms with van der Waals surface area (Å²) in [6.07, 6.45) is 0.859. The summed E-state index contributed by atoms with van der Waals surface area (Å²) in [6, 6.07) is 5.49. The predicted octanol–water partition coefficient (Wildman–Crippen LogP) is 1.80. The minimum Gasteiger partial charge on any atom is -0.487 e. The Bertz CT molecular complexity index is 557. The summed E-state index contributed by atoms with van der Waals surface area (Å²) >= 11 is 6.15. The fourth-order valence-electron chi connectivity index (χ4n) is 2.21. The van der Waals surface area contributed by atoms with Crippen molar-refractivity contribution in [3.8, 4) is 5.75 Å². The quantitative estimate of drug-likeness (QED) is 0.921. The maximum Gasteiger partial charge on any atom is 0.154 e. The monoisotopic (exact) mass is 303 g/mol. The maximum atomic E-state index is 11.4. The van der Waals surface area contributed by atoms with Crippen LogP contribution in [0.4, 0.5) is 0 Å². The van der Waals surface area contributed by atoms with Gasteiger partial charge in [0, 0.05) is 6.04 Å². The van der Waals surface area contributed by atoms with Crippen molar-refractivity contribution in [1.82, 2.24) is 0 Å². The van der Waals surface area contributed by atoms with Gasteiger partial charge in [-0.05, 0) is 31.4 Å². The van der Waals surface area contributed by atoms with Crippen LogP contribution in [0.3, 0.4) is 0 Å². The van der Waals surface area contributed by atoms with Gasteiger partial charge in [-0.3, -0.25) is 0 Å². The van der Waals surface area contributed by atoms with E-state index in [1.54, 1.807) is 6.07 Å². The molecule has 0 aromatic heterocycles. The Labute approximate surface area is 118 Å². The van der Waals surface area contributed by atoms with Crippen LogP contribution in [-0.4, -0.2) is 32.1 Å². The first-order valence-corrected chi connectivity index (χ1v) is 8.47. The number of nitrogens with two attached hydrogens (primary N) is 1. The Morgan fingerprint density at radius 3 is 2.84 bits per heavy atom. The first kappa shape index (κ1) is 14.6. The smallest absolute Gasteiger partial charge is 0.154 e. The van der Waals surface area contributed by atoms with Crippen molar-refractivity contribution < 1.29 is 13.2 Å². The van der Waals surface area contributed by atoms with E-state index < -0.39 is 9.84 Å². The standard InChI is InChI=1S/C13H18ClNO3S/c1-9(15)7-10-3-2-4-12(14)13(10)18-11-5-6-19(16,17)8-11/h2-4,9,11H,5-8,15H2,1H3. The molecule has 2 atom stereocenters. The summed E-state index contributed by atoms with van der Waals surface area (Å²) in [4.78, 5) is 0. The highest BCUT2D eigenvalue weighted by molar-refractivity contribution is 7.91. The number of sulfone groups is 1. The molecule has 2 unspecified atom stereocenters. The van der Waals surface area contributed by atoms with E-state index in [1.165, 1.54) is 0 Å². The van der Waals surface area contributed by atoms with Gasteiger partial charge in [0.05, 0.1) is 16.5 Å². The van der Waals surface area contributed by atoms with Crippen LogP contribution in [0.1, 0.15) is 18.9 Å². The lowest BCUT2D eigenvalue weighted by atomic mass is 10.1.